The Morgan fingerprint density at radius 3 is 2.21 bits per heavy atom. The second kappa shape index (κ2) is 4.81. The van der Waals surface area contributed by atoms with Crippen molar-refractivity contribution in [1.82, 2.24) is 9.55 Å². The standard InChI is InChI=1S/C14H18N2O2S/c1-10-7-11(2)13(12(3)8-10)9-19(17,18)14-15-5-6-16(14)4/h5-8H,9H2,1-4H3. The van der Waals surface area contributed by atoms with Crippen LogP contribution in [0, 0.1) is 20.8 Å². The van der Waals surface area contributed by atoms with Gasteiger partial charge in [0.05, 0.1) is 5.75 Å². The van der Waals surface area contributed by atoms with Gasteiger partial charge in [0.15, 0.2) is 0 Å². The van der Waals surface area contributed by atoms with Gasteiger partial charge in [-0.2, -0.15) is 0 Å². The van der Waals surface area contributed by atoms with Gasteiger partial charge in [-0.3, -0.25) is 0 Å². The lowest BCUT2D eigenvalue weighted by Gasteiger charge is -2.11. The Morgan fingerprint density at radius 1 is 1.16 bits per heavy atom. The third-order valence-corrected chi connectivity index (χ3v) is 4.85. The molecule has 0 saturated heterocycles. The summed E-state index contributed by atoms with van der Waals surface area (Å²) in [4.78, 5) is 3.94. The Kier molecular flexibility index (Phi) is 3.49. The normalized spacial score (nSPS) is 11.8. The number of nitrogens with zero attached hydrogens (tertiary/aromatic N) is 2. The lowest BCUT2D eigenvalue weighted by Crippen LogP contribution is -2.12. The SMILES string of the molecule is Cc1cc(C)c(CS(=O)(=O)c2nccn2C)c(C)c1. The first-order valence-corrected chi connectivity index (χ1v) is 7.73. The summed E-state index contributed by atoms with van der Waals surface area (Å²) in [5.41, 5.74) is 4.03. The van der Waals surface area contributed by atoms with E-state index in [2.05, 4.69) is 4.98 Å². The first kappa shape index (κ1) is 13.8. The average Bonchev–Trinajstić information content (AvgIpc) is 2.70. The predicted molar refractivity (Wildman–Crippen MR) is 74.8 cm³/mol. The molecule has 1 heterocycles. The second-order valence-electron chi connectivity index (χ2n) is 4.96. The fourth-order valence-electron chi connectivity index (χ4n) is 2.34. The van der Waals surface area contributed by atoms with Gasteiger partial charge in [0.2, 0.25) is 15.0 Å². The molecule has 0 fully saturated rings. The number of aromatic nitrogens is 2. The van der Waals surface area contributed by atoms with Crippen LogP contribution in [0.25, 0.3) is 0 Å². The minimum Gasteiger partial charge on any atom is -0.325 e. The van der Waals surface area contributed by atoms with E-state index in [1.165, 1.54) is 10.8 Å². The molecule has 1 aromatic carbocycles. The van der Waals surface area contributed by atoms with E-state index >= 15 is 0 Å². The quantitative estimate of drug-likeness (QED) is 0.865. The van der Waals surface area contributed by atoms with Crippen molar-refractivity contribution in [2.75, 3.05) is 0 Å². The first-order valence-electron chi connectivity index (χ1n) is 6.08. The molecule has 5 heteroatoms. The Bertz CT molecular complexity index is 692. The van der Waals surface area contributed by atoms with Crippen molar-refractivity contribution in [1.29, 1.82) is 0 Å². The Labute approximate surface area is 114 Å². The molecule has 0 aliphatic heterocycles. The van der Waals surface area contributed by atoms with Gasteiger partial charge in [0.1, 0.15) is 0 Å². The summed E-state index contributed by atoms with van der Waals surface area (Å²) >= 11 is 0. The van der Waals surface area contributed by atoms with Crippen LogP contribution < -0.4 is 0 Å². The molecule has 2 aromatic rings. The van der Waals surface area contributed by atoms with E-state index in [4.69, 9.17) is 0 Å². The summed E-state index contributed by atoms with van der Waals surface area (Å²) in [6.07, 6.45) is 3.14. The van der Waals surface area contributed by atoms with Crippen LogP contribution in [-0.4, -0.2) is 18.0 Å². The fourth-order valence-corrected chi connectivity index (χ4v) is 4.03. The number of hydrogen-bond acceptors (Lipinski definition) is 3. The number of rotatable bonds is 3. The lowest BCUT2D eigenvalue weighted by molar-refractivity contribution is 0.578. The summed E-state index contributed by atoms with van der Waals surface area (Å²) < 4.78 is 26.3. The van der Waals surface area contributed by atoms with Crippen LogP contribution in [0.5, 0.6) is 0 Å². The van der Waals surface area contributed by atoms with E-state index in [0.29, 0.717) is 0 Å². The van der Waals surface area contributed by atoms with E-state index in [1.807, 2.05) is 32.9 Å². The molecule has 0 unspecified atom stereocenters. The van der Waals surface area contributed by atoms with Crippen LogP contribution in [0.4, 0.5) is 0 Å². The third-order valence-electron chi connectivity index (χ3n) is 3.23. The van der Waals surface area contributed by atoms with Crippen LogP contribution in [0.2, 0.25) is 0 Å². The van der Waals surface area contributed by atoms with Crippen LogP contribution in [0.15, 0.2) is 29.7 Å². The van der Waals surface area contributed by atoms with Crippen LogP contribution in [0.1, 0.15) is 22.3 Å². The van der Waals surface area contributed by atoms with E-state index in [9.17, 15) is 8.42 Å². The molecular formula is C14H18N2O2S. The van der Waals surface area contributed by atoms with Gasteiger partial charge >= 0.3 is 0 Å². The molecule has 0 spiro atoms. The molecule has 0 N–H and O–H groups in total. The molecule has 0 radical (unpaired) electrons. The van der Waals surface area contributed by atoms with Crippen molar-refractivity contribution < 1.29 is 8.42 Å². The maximum Gasteiger partial charge on any atom is 0.227 e. The van der Waals surface area contributed by atoms with Crippen LogP contribution in [0.3, 0.4) is 0 Å². The highest BCUT2D eigenvalue weighted by atomic mass is 32.2. The summed E-state index contributed by atoms with van der Waals surface area (Å²) in [6.45, 7) is 5.91. The number of sulfone groups is 1. The van der Waals surface area contributed by atoms with Crippen LogP contribution >= 0.6 is 0 Å². The summed E-state index contributed by atoms with van der Waals surface area (Å²) in [5, 5.41) is 0.117. The molecule has 19 heavy (non-hydrogen) atoms. The van der Waals surface area contributed by atoms with Gasteiger partial charge in [-0.05, 0) is 37.5 Å². The van der Waals surface area contributed by atoms with Crippen LogP contribution in [-0.2, 0) is 22.6 Å². The zero-order valence-electron chi connectivity index (χ0n) is 11.6. The van der Waals surface area contributed by atoms with Gasteiger partial charge in [0.25, 0.3) is 0 Å². The van der Waals surface area contributed by atoms with Crippen molar-refractivity contribution in [2.24, 2.45) is 7.05 Å². The highest BCUT2D eigenvalue weighted by Crippen LogP contribution is 2.21. The number of hydrogen-bond donors (Lipinski definition) is 0. The molecule has 0 saturated carbocycles. The minimum atomic E-state index is -3.41. The van der Waals surface area contributed by atoms with E-state index < -0.39 is 9.84 Å². The van der Waals surface area contributed by atoms with Gasteiger partial charge in [0, 0.05) is 19.4 Å². The highest BCUT2D eigenvalue weighted by Gasteiger charge is 2.21. The molecule has 1 aromatic heterocycles. The van der Waals surface area contributed by atoms with E-state index in [0.717, 1.165) is 22.3 Å². The maximum absolute atomic E-state index is 12.4. The van der Waals surface area contributed by atoms with Gasteiger partial charge in [-0.1, -0.05) is 17.7 Å². The zero-order chi connectivity index (χ0) is 14.2. The van der Waals surface area contributed by atoms with Crippen molar-refractivity contribution >= 4 is 9.84 Å². The van der Waals surface area contributed by atoms with Gasteiger partial charge < -0.3 is 4.57 Å². The monoisotopic (exact) mass is 278 g/mol. The molecule has 0 amide bonds. The minimum absolute atomic E-state index is 0.00417. The van der Waals surface area contributed by atoms with Crippen molar-refractivity contribution in [3.63, 3.8) is 0 Å². The summed E-state index contributed by atoms with van der Waals surface area (Å²) in [6, 6.07) is 4.02. The largest absolute Gasteiger partial charge is 0.325 e. The number of imidazole rings is 1. The first-order chi connectivity index (χ1) is 8.81. The van der Waals surface area contributed by atoms with Gasteiger partial charge in [-0.25, -0.2) is 13.4 Å². The Morgan fingerprint density at radius 2 is 1.74 bits per heavy atom. The Balaban J connectivity index is 2.45. The zero-order valence-corrected chi connectivity index (χ0v) is 12.5. The van der Waals surface area contributed by atoms with Gasteiger partial charge in [-0.15, -0.1) is 0 Å². The topological polar surface area (TPSA) is 52.0 Å². The molecule has 0 atom stereocenters. The number of benzene rings is 1. The smallest absolute Gasteiger partial charge is 0.227 e. The van der Waals surface area contributed by atoms with Crippen molar-refractivity contribution in [2.45, 2.75) is 31.7 Å². The average molecular weight is 278 g/mol. The molecule has 0 bridgehead atoms. The third kappa shape index (κ3) is 2.71. The summed E-state index contributed by atoms with van der Waals surface area (Å²) in [7, 11) is -1.72. The molecule has 2 rings (SSSR count). The molecule has 0 aliphatic rings. The van der Waals surface area contributed by atoms with Crippen molar-refractivity contribution in [3.8, 4) is 0 Å². The Hall–Kier alpha value is -1.62. The van der Waals surface area contributed by atoms with E-state index in [1.54, 1.807) is 13.2 Å². The predicted octanol–water partition coefficient (Wildman–Crippen LogP) is 2.32. The second-order valence-corrected chi connectivity index (χ2v) is 6.84. The van der Waals surface area contributed by atoms with Crippen molar-refractivity contribution in [3.05, 3.63) is 46.8 Å². The molecule has 4 nitrogen and oxygen atoms in total. The molecule has 102 valence electrons. The number of aryl methyl sites for hydroxylation is 4. The summed E-state index contributed by atoms with van der Waals surface area (Å²) in [5.74, 6) is -0.00417. The molecular weight excluding hydrogens is 260 g/mol. The molecule has 0 aliphatic carbocycles. The lowest BCUT2D eigenvalue weighted by atomic mass is 10.0. The highest BCUT2D eigenvalue weighted by molar-refractivity contribution is 7.90. The van der Waals surface area contributed by atoms with E-state index in [-0.39, 0.29) is 10.9 Å². The maximum atomic E-state index is 12.4. The fraction of sp³-hybridized carbons (Fsp3) is 0.357.